The van der Waals surface area contributed by atoms with E-state index in [2.05, 4.69) is 62.1 Å². The molecule has 1 aliphatic heterocycles. The molecule has 1 aromatic rings. The largest absolute Gasteiger partial charge is 0.352 e. The molecule has 6 heteroatoms. The van der Waals surface area contributed by atoms with Crippen LogP contribution in [0, 0.1) is 12.8 Å². The van der Waals surface area contributed by atoms with Crippen molar-refractivity contribution in [1.82, 2.24) is 20.5 Å². The van der Waals surface area contributed by atoms with Gasteiger partial charge in [0, 0.05) is 37.1 Å². The number of hydrogen-bond acceptors (Lipinski definition) is 4. The lowest BCUT2D eigenvalue weighted by atomic mass is 10.1. The standard InChI is InChI=1S/C18H33N5S/c1-11(2)17-14(6)24-16(22-17)8-20-18(19-7)21-15-10-23(12(3)4)9-13(15)5/h11-13,15H,8-10H2,1-7H3,(H2,19,20,21). The van der Waals surface area contributed by atoms with Gasteiger partial charge >= 0.3 is 0 Å². The van der Waals surface area contributed by atoms with Gasteiger partial charge in [-0.15, -0.1) is 11.3 Å². The lowest BCUT2D eigenvalue weighted by molar-refractivity contribution is 0.265. The van der Waals surface area contributed by atoms with Crippen molar-refractivity contribution in [2.45, 2.75) is 66.1 Å². The average Bonchev–Trinajstić information content (AvgIpc) is 3.07. The Bertz CT molecular complexity index is 564. The maximum absolute atomic E-state index is 4.76. The van der Waals surface area contributed by atoms with Gasteiger partial charge in [0.1, 0.15) is 5.01 Å². The third kappa shape index (κ3) is 4.70. The smallest absolute Gasteiger partial charge is 0.191 e. The van der Waals surface area contributed by atoms with E-state index in [1.165, 1.54) is 10.6 Å². The van der Waals surface area contributed by atoms with Crippen LogP contribution >= 0.6 is 11.3 Å². The number of aliphatic imine (C=N–C) groups is 1. The molecule has 0 aromatic carbocycles. The second kappa shape index (κ2) is 8.30. The van der Waals surface area contributed by atoms with Crippen molar-refractivity contribution in [1.29, 1.82) is 0 Å². The molecule has 0 bridgehead atoms. The highest BCUT2D eigenvalue weighted by molar-refractivity contribution is 7.11. The molecule has 2 atom stereocenters. The first-order chi connectivity index (χ1) is 11.3. The van der Waals surface area contributed by atoms with E-state index in [1.807, 2.05) is 7.05 Å². The van der Waals surface area contributed by atoms with Crippen LogP contribution < -0.4 is 10.6 Å². The van der Waals surface area contributed by atoms with Crippen LogP contribution in [-0.4, -0.2) is 48.1 Å². The lowest BCUT2D eigenvalue weighted by Crippen LogP contribution is -2.46. The van der Waals surface area contributed by atoms with Crippen molar-refractivity contribution in [2.24, 2.45) is 10.9 Å². The van der Waals surface area contributed by atoms with Gasteiger partial charge in [0.25, 0.3) is 0 Å². The fraction of sp³-hybridized carbons (Fsp3) is 0.778. The maximum Gasteiger partial charge on any atom is 0.191 e. The van der Waals surface area contributed by atoms with Crippen LogP contribution in [0.5, 0.6) is 0 Å². The van der Waals surface area contributed by atoms with Crippen molar-refractivity contribution in [3.8, 4) is 0 Å². The van der Waals surface area contributed by atoms with Gasteiger partial charge in [0.2, 0.25) is 0 Å². The van der Waals surface area contributed by atoms with Gasteiger partial charge in [0.05, 0.1) is 12.2 Å². The molecule has 136 valence electrons. The molecule has 2 rings (SSSR count). The van der Waals surface area contributed by atoms with Crippen molar-refractivity contribution in [2.75, 3.05) is 20.1 Å². The molecule has 0 aliphatic carbocycles. The van der Waals surface area contributed by atoms with E-state index >= 15 is 0 Å². The highest BCUT2D eigenvalue weighted by Gasteiger charge is 2.31. The fourth-order valence-corrected chi connectivity index (χ4v) is 4.25. The summed E-state index contributed by atoms with van der Waals surface area (Å²) in [5.74, 6) is 1.98. The molecule has 0 radical (unpaired) electrons. The topological polar surface area (TPSA) is 52.6 Å². The fourth-order valence-electron chi connectivity index (χ4n) is 3.22. The first-order valence-corrected chi connectivity index (χ1v) is 9.80. The molecule has 1 saturated heterocycles. The molecule has 1 fully saturated rings. The van der Waals surface area contributed by atoms with Crippen molar-refractivity contribution in [3.05, 3.63) is 15.6 Å². The van der Waals surface area contributed by atoms with E-state index in [0.29, 0.717) is 23.9 Å². The molecule has 2 heterocycles. The van der Waals surface area contributed by atoms with Crippen LogP contribution in [0.1, 0.15) is 56.1 Å². The summed E-state index contributed by atoms with van der Waals surface area (Å²) in [7, 11) is 1.84. The minimum atomic E-state index is 0.447. The van der Waals surface area contributed by atoms with Gasteiger partial charge in [-0.3, -0.25) is 9.89 Å². The third-order valence-corrected chi connectivity index (χ3v) is 5.73. The zero-order valence-corrected chi connectivity index (χ0v) is 17.0. The van der Waals surface area contributed by atoms with Gasteiger partial charge in [-0.1, -0.05) is 20.8 Å². The Balaban J connectivity index is 1.90. The number of rotatable bonds is 5. The summed E-state index contributed by atoms with van der Waals surface area (Å²) in [4.78, 5) is 13.0. The maximum atomic E-state index is 4.76. The Labute approximate surface area is 151 Å². The second-order valence-electron chi connectivity index (χ2n) is 7.41. The van der Waals surface area contributed by atoms with Crippen molar-refractivity contribution < 1.29 is 0 Å². The van der Waals surface area contributed by atoms with Gasteiger partial charge in [-0.05, 0) is 32.6 Å². The van der Waals surface area contributed by atoms with E-state index in [9.17, 15) is 0 Å². The van der Waals surface area contributed by atoms with Crippen LogP contribution in [0.25, 0.3) is 0 Å². The van der Waals surface area contributed by atoms with Gasteiger partial charge in [0.15, 0.2) is 5.96 Å². The normalized spacial score (nSPS) is 22.6. The summed E-state index contributed by atoms with van der Waals surface area (Å²) >= 11 is 1.78. The zero-order valence-electron chi connectivity index (χ0n) is 16.2. The summed E-state index contributed by atoms with van der Waals surface area (Å²) in [6.07, 6.45) is 0. The van der Waals surface area contributed by atoms with Crippen LogP contribution in [0.4, 0.5) is 0 Å². The number of guanidine groups is 1. The number of aromatic nitrogens is 1. The first kappa shape index (κ1) is 19.2. The summed E-state index contributed by atoms with van der Waals surface area (Å²) in [6.45, 7) is 16.3. The molecule has 0 spiro atoms. The molecule has 1 aromatic heterocycles. The molecule has 1 aliphatic rings. The van der Waals surface area contributed by atoms with E-state index in [-0.39, 0.29) is 0 Å². The van der Waals surface area contributed by atoms with Crippen molar-refractivity contribution >= 4 is 17.3 Å². The Morgan fingerprint density at radius 2 is 2.04 bits per heavy atom. The number of hydrogen-bond donors (Lipinski definition) is 2. The van der Waals surface area contributed by atoms with E-state index in [1.54, 1.807) is 11.3 Å². The number of nitrogens with zero attached hydrogens (tertiary/aromatic N) is 3. The molecule has 2 N–H and O–H groups in total. The van der Waals surface area contributed by atoms with E-state index in [0.717, 1.165) is 30.6 Å². The molecule has 24 heavy (non-hydrogen) atoms. The highest BCUT2D eigenvalue weighted by Crippen LogP contribution is 2.24. The second-order valence-corrected chi connectivity index (χ2v) is 8.69. The number of aryl methyl sites for hydroxylation is 1. The SMILES string of the molecule is CN=C(NCc1nc(C(C)C)c(C)s1)NC1CN(C(C)C)CC1C. The van der Waals surface area contributed by atoms with Crippen LogP contribution in [0.15, 0.2) is 4.99 Å². The number of thiazole rings is 1. The third-order valence-electron chi connectivity index (χ3n) is 4.75. The highest BCUT2D eigenvalue weighted by atomic mass is 32.1. The van der Waals surface area contributed by atoms with Gasteiger partial charge in [-0.25, -0.2) is 4.98 Å². The molecular weight excluding hydrogens is 318 g/mol. The molecule has 0 amide bonds. The van der Waals surface area contributed by atoms with E-state index < -0.39 is 0 Å². The summed E-state index contributed by atoms with van der Waals surface area (Å²) < 4.78 is 0. The van der Waals surface area contributed by atoms with Crippen LogP contribution in [0.3, 0.4) is 0 Å². The van der Waals surface area contributed by atoms with Gasteiger partial charge in [-0.2, -0.15) is 0 Å². The summed E-state index contributed by atoms with van der Waals surface area (Å²) in [5, 5.41) is 8.14. The molecule has 2 unspecified atom stereocenters. The van der Waals surface area contributed by atoms with Crippen LogP contribution in [-0.2, 0) is 6.54 Å². The molecule has 5 nitrogen and oxygen atoms in total. The Hall–Kier alpha value is -1.14. The van der Waals surface area contributed by atoms with Crippen LogP contribution in [0.2, 0.25) is 0 Å². The van der Waals surface area contributed by atoms with E-state index in [4.69, 9.17) is 4.98 Å². The average molecular weight is 352 g/mol. The lowest BCUT2D eigenvalue weighted by Gasteiger charge is -2.21. The Morgan fingerprint density at radius 1 is 1.33 bits per heavy atom. The minimum Gasteiger partial charge on any atom is -0.352 e. The Kier molecular flexibility index (Phi) is 6.63. The van der Waals surface area contributed by atoms with Crippen molar-refractivity contribution in [3.63, 3.8) is 0 Å². The number of nitrogens with one attached hydrogen (secondary N) is 2. The minimum absolute atomic E-state index is 0.447. The summed E-state index contributed by atoms with van der Waals surface area (Å²) in [6, 6.07) is 1.05. The zero-order chi connectivity index (χ0) is 17.9. The predicted molar refractivity (Wildman–Crippen MR) is 104 cm³/mol. The monoisotopic (exact) mass is 351 g/mol. The molecular formula is C18H33N5S. The summed E-state index contributed by atoms with van der Waals surface area (Å²) in [5.41, 5.74) is 1.22. The Morgan fingerprint density at radius 3 is 2.54 bits per heavy atom. The number of likely N-dealkylation sites (tertiary alicyclic amines) is 1. The predicted octanol–water partition coefficient (Wildman–Crippen LogP) is 2.97. The van der Waals surface area contributed by atoms with Gasteiger partial charge < -0.3 is 10.6 Å². The molecule has 0 saturated carbocycles. The first-order valence-electron chi connectivity index (χ1n) is 8.99. The quantitative estimate of drug-likeness (QED) is 0.632.